The summed E-state index contributed by atoms with van der Waals surface area (Å²) in [6.45, 7) is 0.184. The van der Waals surface area contributed by atoms with E-state index in [-0.39, 0.29) is 13.2 Å². The summed E-state index contributed by atoms with van der Waals surface area (Å²) >= 11 is 0. The number of para-hydroxylation sites is 2. The summed E-state index contributed by atoms with van der Waals surface area (Å²) in [7, 11) is 3.14. The number of ether oxygens (including phenoxy) is 4. The maximum Gasteiger partial charge on any atom is 0.508 e. The third-order valence-corrected chi connectivity index (χ3v) is 3.08. The molecule has 0 atom stereocenters. The van der Waals surface area contributed by atoms with Gasteiger partial charge >= 0.3 is 6.16 Å². The molecule has 0 spiro atoms. The highest BCUT2D eigenvalue weighted by Gasteiger charge is 2.09. The topological polar surface area (TPSA) is 54.0 Å². The highest BCUT2D eigenvalue weighted by atomic mass is 16.7. The average Bonchev–Trinajstić information content (AvgIpc) is 2.58. The molecule has 116 valence electrons. The molecule has 2 rings (SSSR count). The summed E-state index contributed by atoms with van der Waals surface area (Å²) in [5.41, 5.74) is 1.55. The Morgan fingerprint density at radius 3 is 1.59 bits per heavy atom. The van der Waals surface area contributed by atoms with Gasteiger partial charge in [-0.3, -0.25) is 0 Å². The fraction of sp³-hybridized carbons (Fsp3) is 0.235. The zero-order valence-corrected chi connectivity index (χ0v) is 12.6. The molecule has 0 radical (unpaired) electrons. The van der Waals surface area contributed by atoms with Crippen molar-refractivity contribution in [2.75, 3.05) is 14.2 Å². The molecule has 0 aliphatic carbocycles. The smallest absolute Gasteiger partial charge is 0.496 e. The molecule has 0 amide bonds. The minimum absolute atomic E-state index is 0.0920. The van der Waals surface area contributed by atoms with Gasteiger partial charge in [-0.15, -0.1) is 0 Å². The molecule has 0 fully saturated rings. The largest absolute Gasteiger partial charge is 0.508 e. The van der Waals surface area contributed by atoms with Crippen LogP contribution in [0.5, 0.6) is 11.5 Å². The second-order valence-electron chi connectivity index (χ2n) is 4.45. The molecular weight excluding hydrogens is 284 g/mol. The van der Waals surface area contributed by atoms with Crippen LogP contribution < -0.4 is 9.47 Å². The monoisotopic (exact) mass is 302 g/mol. The fourth-order valence-corrected chi connectivity index (χ4v) is 1.96. The molecule has 0 aromatic heterocycles. The molecule has 0 saturated carbocycles. The standard InChI is InChI=1S/C17H18O5/c1-19-15-9-5-3-7-13(15)11-21-17(18)22-12-14-8-4-6-10-16(14)20-2/h3-10H,11-12H2,1-2H3. The van der Waals surface area contributed by atoms with Crippen molar-refractivity contribution in [2.45, 2.75) is 13.2 Å². The van der Waals surface area contributed by atoms with E-state index < -0.39 is 6.16 Å². The van der Waals surface area contributed by atoms with E-state index in [1.807, 2.05) is 36.4 Å². The Balaban J connectivity index is 1.86. The molecule has 2 aromatic rings. The number of rotatable bonds is 6. The van der Waals surface area contributed by atoms with E-state index in [2.05, 4.69) is 0 Å². The molecule has 0 unspecified atom stereocenters. The lowest BCUT2D eigenvalue weighted by molar-refractivity contribution is 0.0438. The highest BCUT2D eigenvalue weighted by Crippen LogP contribution is 2.20. The number of hydrogen-bond acceptors (Lipinski definition) is 5. The summed E-state index contributed by atoms with van der Waals surface area (Å²) in [5.74, 6) is 1.33. The lowest BCUT2D eigenvalue weighted by atomic mass is 10.2. The molecule has 0 N–H and O–H groups in total. The molecule has 22 heavy (non-hydrogen) atoms. The van der Waals surface area contributed by atoms with Gasteiger partial charge in [-0.05, 0) is 12.1 Å². The second kappa shape index (κ2) is 7.93. The van der Waals surface area contributed by atoms with Gasteiger partial charge in [-0.2, -0.15) is 0 Å². The van der Waals surface area contributed by atoms with Crippen LogP contribution in [0.15, 0.2) is 48.5 Å². The van der Waals surface area contributed by atoms with Crippen molar-refractivity contribution < 1.29 is 23.7 Å². The van der Waals surface area contributed by atoms with E-state index in [0.717, 1.165) is 11.1 Å². The summed E-state index contributed by atoms with van der Waals surface area (Å²) < 4.78 is 20.5. The predicted octanol–water partition coefficient (Wildman–Crippen LogP) is 3.56. The Morgan fingerprint density at radius 2 is 1.18 bits per heavy atom. The maximum atomic E-state index is 11.7. The Bertz CT molecular complexity index is 570. The third kappa shape index (κ3) is 4.15. The summed E-state index contributed by atoms with van der Waals surface area (Å²) in [6.07, 6.45) is -0.739. The van der Waals surface area contributed by atoms with Crippen LogP contribution in [0.1, 0.15) is 11.1 Å². The van der Waals surface area contributed by atoms with Gasteiger partial charge in [0.2, 0.25) is 0 Å². The lowest BCUT2D eigenvalue weighted by Crippen LogP contribution is -2.08. The van der Waals surface area contributed by atoms with Crippen LogP contribution in [0, 0.1) is 0 Å². The first kappa shape index (κ1) is 15.7. The molecule has 0 bridgehead atoms. The van der Waals surface area contributed by atoms with Gasteiger partial charge in [0.15, 0.2) is 0 Å². The maximum absolute atomic E-state index is 11.7. The normalized spacial score (nSPS) is 9.91. The summed E-state index contributed by atoms with van der Waals surface area (Å²) in [5, 5.41) is 0. The Kier molecular flexibility index (Phi) is 5.65. The summed E-state index contributed by atoms with van der Waals surface area (Å²) in [6, 6.07) is 14.7. The molecule has 0 heterocycles. The number of benzene rings is 2. The van der Waals surface area contributed by atoms with E-state index in [1.165, 1.54) is 0 Å². The molecular formula is C17H18O5. The molecule has 0 aliphatic rings. The zero-order chi connectivity index (χ0) is 15.8. The molecule has 0 aliphatic heterocycles. The van der Waals surface area contributed by atoms with Crippen molar-refractivity contribution in [3.8, 4) is 11.5 Å². The van der Waals surface area contributed by atoms with Gasteiger partial charge in [-0.1, -0.05) is 36.4 Å². The zero-order valence-electron chi connectivity index (χ0n) is 12.6. The minimum Gasteiger partial charge on any atom is -0.496 e. The lowest BCUT2D eigenvalue weighted by Gasteiger charge is -2.10. The van der Waals surface area contributed by atoms with Crippen LogP contribution in [0.2, 0.25) is 0 Å². The Hall–Kier alpha value is -2.69. The second-order valence-corrected chi connectivity index (χ2v) is 4.45. The van der Waals surface area contributed by atoms with E-state index >= 15 is 0 Å². The van der Waals surface area contributed by atoms with Crippen LogP contribution >= 0.6 is 0 Å². The number of carbonyl (C=O) groups is 1. The van der Waals surface area contributed by atoms with E-state index in [4.69, 9.17) is 18.9 Å². The van der Waals surface area contributed by atoms with Gasteiger partial charge in [0.25, 0.3) is 0 Å². The van der Waals surface area contributed by atoms with Crippen LogP contribution in [-0.2, 0) is 22.7 Å². The van der Waals surface area contributed by atoms with E-state index in [0.29, 0.717) is 11.5 Å². The quantitative estimate of drug-likeness (QED) is 0.764. The van der Waals surface area contributed by atoms with Crippen molar-refractivity contribution in [1.82, 2.24) is 0 Å². The minimum atomic E-state index is -0.739. The van der Waals surface area contributed by atoms with Crippen molar-refractivity contribution in [3.05, 3.63) is 59.7 Å². The molecule has 2 aromatic carbocycles. The van der Waals surface area contributed by atoms with Crippen molar-refractivity contribution in [1.29, 1.82) is 0 Å². The predicted molar refractivity (Wildman–Crippen MR) is 81.0 cm³/mol. The Labute approximate surface area is 129 Å². The number of carbonyl (C=O) groups excluding carboxylic acids is 1. The van der Waals surface area contributed by atoms with Crippen LogP contribution in [0.25, 0.3) is 0 Å². The first-order valence-electron chi connectivity index (χ1n) is 6.78. The Morgan fingerprint density at radius 1 is 0.773 bits per heavy atom. The van der Waals surface area contributed by atoms with E-state index in [9.17, 15) is 4.79 Å². The van der Waals surface area contributed by atoms with Gasteiger partial charge in [0.1, 0.15) is 24.7 Å². The molecule has 0 saturated heterocycles. The van der Waals surface area contributed by atoms with Crippen molar-refractivity contribution in [2.24, 2.45) is 0 Å². The highest BCUT2D eigenvalue weighted by molar-refractivity contribution is 5.60. The summed E-state index contributed by atoms with van der Waals surface area (Å²) in [4.78, 5) is 11.7. The third-order valence-electron chi connectivity index (χ3n) is 3.08. The average molecular weight is 302 g/mol. The van der Waals surface area contributed by atoms with Gasteiger partial charge in [-0.25, -0.2) is 4.79 Å². The van der Waals surface area contributed by atoms with Crippen molar-refractivity contribution in [3.63, 3.8) is 0 Å². The first-order valence-corrected chi connectivity index (χ1v) is 6.78. The van der Waals surface area contributed by atoms with Crippen LogP contribution in [-0.4, -0.2) is 20.4 Å². The van der Waals surface area contributed by atoms with E-state index in [1.54, 1.807) is 26.4 Å². The van der Waals surface area contributed by atoms with Gasteiger partial charge < -0.3 is 18.9 Å². The van der Waals surface area contributed by atoms with Crippen molar-refractivity contribution >= 4 is 6.16 Å². The molecule has 5 nitrogen and oxygen atoms in total. The number of hydrogen-bond donors (Lipinski definition) is 0. The van der Waals surface area contributed by atoms with Crippen LogP contribution in [0.3, 0.4) is 0 Å². The van der Waals surface area contributed by atoms with Gasteiger partial charge in [0, 0.05) is 11.1 Å². The number of methoxy groups -OCH3 is 2. The molecule has 5 heteroatoms. The van der Waals surface area contributed by atoms with Crippen LogP contribution in [0.4, 0.5) is 4.79 Å². The van der Waals surface area contributed by atoms with Gasteiger partial charge in [0.05, 0.1) is 14.2 Å². The first-order chi connectivity index (χ1) is 10.7. The SMILES string of the molecule is COc1ccccc1COC(=O)OCc1ccccc1OC. The fourth-order valence-electron chi connectivity index (χ4n) is 1.96.